The number of nitrogens with one attached hydrogen (secondary N) is 1. The predicted molar refractivity (Wildman–Crippen MR) is 84.8 cm³/mol. The molecule has 2 N–H and O–H groups in total. The Labute approximate surface area is 123 Å². The molecule has 3 nitrogen and oxygen atoms in total. The number of fused-ring (bicyclic) bond motifs is 2. The highest BCUT2D eigenvalue weighted by atomic mass is 16.3. The number of aromatic amines is 1. The summed E-state index contributed by atoms with van der Waals surface area (Å²) in [7, 11) is 0. The van der Waals surface area contributed by atoms with E-state index in [1.807, 2.05) is 42.7 Å². The molecule has 1 aliphatic carbocycles. The molecule has 2 aromatic carbocycles. The summed E-state index contributed by atoms with van der Waals surface area (Å²) in [6, 6.07) is 16.2. The predicted octanol–water partition coefficient (Wildman–Crippen LogP) is 3.25. The molecule has 0 unspecified atom stereocenters. The molecule has 3 aromatic rings. The molecule has 4 rings (SSSR count). The molecule has 0 spiro atoms. The number of hydrogen-bond donors (Lipinski definition) is 2. The van der Waals surface area contributed by atoms with E-state index in [-0.39, 0.29) is 6.04 Å². The van der Waals surface area contributed by atoms with Crippen molar-refractivity contribution in [2.75, 3.05) is 0 Å². The van der Waals surface area contributed by atoms with Crippen LogP contribution < -0.4 is 0 Å². The van der Waals surface area contributed by atoms with Crippen LogP contribution in [0, 0.1) is 0 Å². The molecular formula is C18H16N2O. The van der Waals surface area contributed by atoms with E-state index >= 15 is 0 Å². The molecule has 0 saturated carbocycles. The Kier molecular flexibility index (Phi) is 2.86. The summed E-state index contributed by atoms with van der Waals surface area (Å²) >= 11 is 0. The van der Waals surface area contributed by atoms with E-state index in [0.717, 1.165) is 16.6 Å². The Balaban J connectivity index is 1.71. The van der Waals surface area contributed by atoms with Gasteiger partial charge in [0.15, 0.2) is 0 Å². The molecule has 1 aromatic heterocycles. The van der Waals surface area contributed by atoms with Crippen molar-refractivity contribution in [3.63, 3.8) is 0 Å². The lowest BCUT2D eigenvalue weighted by Gasteiger charge is -2.10. The number of benzene rings is 2. The molecule has 0 fully saturated rings. The van der Waals surface area contributed by atoms with Crippen molar-refractivity contribution in [3.8, 4) is 0 Å². The second kappa shape index (κ2) is 4.86. The Morgan fingerprint density at radius 2 is 2.00 bits per heavy atom. The van der Waals surface area contributed by atoms with Crippen molar-refractivity contribution in [2.24, 2.45) is 4.99 Å². The van der Waals surface area contributed by atoms with E-state index in [2.05, 4.69) is 28.2 Å². The molecule has 1 heterocycles. The summed E-state index contributed by atoms with van der Waals surface area (Å²) in [6.07, 6.45) is 4.06. The third kappa shape index (κ3) is 2.06. The highest BCUT2D eigenvalue weighted by Gasteiger charge is 2.29. The number of para-hydroxylation sites is 1. The highest BCUT2D eigenvalue weighted by molar-refractivity contribution is 5.97. The van der Waals surface area contributed by atoms with E-state index in [4.69, 9.17) is 0 Å². The number of aliphatic imine (C=N–C) groups is 1. The fourth-order valence-electron chi connectivity index (χ4n) is 3.11. The van der Waals surface area contributed by atoms with E-state index < -0.39 is 6.10 Å². The molecule has 21 heavy (non-hydrogen) atoms. The highest BCUT2D eigenvalue weighted by Crippen LogP contribution is 2.34. The normalized spacial score (nSPS) is 21.2. The summed E-state index contributed by atoms with van der Waals surface area (Å²) in [6.45, 7) is 0. The number of hydrogen-bond acceptors (Lipinski definition) is 2. The van der Waals surface area contributed by atoms with Crippen LogP contribution in [0.4, 0.5) is 0 Å². The van der Waals surface area contributed by atoms with Crippen molar-refractivity contribution >= 4 is 17.1 Å². The fourth-order valence-corrected chi connectivity index (χ4v) is 3.11. The third-order valence-electron chi connectivity index (χ3n) is 4.16. The molecule has 104 valence electrons. The average Bonchev–Trinajstić information content (AvgIpc) is 3.09. The number of rotatable bonds is 2. The Morgan fingerprint density at radius 3 is 2.95 bits per heavy atom. The monoisotopic (exact) mass is 276 g/mol. The van der Waals surface area contributed by atoms with Crippen molar-refractivity contribution < 1.29 is 5.11 Å². The summed E-state index contributed by atoms with van der Waals surface area (Å²) in [4.78, 5) is 7.89. The Bertz CT molecular complexity index is 819. The van der Waals surface area contributed by atoms with Crippen LogP contribution in [0.3, 0.4) is 0 Å². The molecule has 0 amide bonds. The van der Waals surface area contributed by atoms with E-state index in [9.17, 15) is 5.11 Å². The van der Waals surface area contributed by atoms with Crippen molar-refractivity contribution in [1.29, 1.82) is 0 Å². The molecule has 0 aliphatic heterocycles. The van der Waals surface area contributed by atoms with Gasteiger partial charge in [-0.1, -0.05) is 42.5 Å². The lowest BCUT2D eigenvalue weighted by molar-refractivity contribution is 0.159. The van der Waals surface area contributed by atoms with Gasteiger partial charge in [-0.2, -0.15) is 0 Å². The van der Waals surface area contributed by atoms with Crippen molar-refractivity contribution in [3.05, 3.63) is 71.4 Å². The van der Waals surface area contributed by atoms with Gasteiger partial charge < -0.3 is 10.1 Å². The quantitative estimate of drug-likeness (QED) is 0.694. The van der Waals surface area contributed by atoms with Crippen molar-refractivity contribution in [2.45, 2.75) is 18.6 Å². The number of nitrogens with zero attached hydrogens (tertiary/aromatic N) is 1. The average molecular weight is 276 g/mol. The van der Waals surface area contributed by atoms with Gasteiger partial charge in [0, 0.05) is 29.8 Å². The summed E-state index contributed by atoms with van der Waals surface area (Å²) < 4.78 is 0. The van der Waals surface area contributed by atoms with Gasteiger partial charge in [0.1, 0.15) is 6.04 Å². The maximum atomic E-state index is 10.2. The smallest absolute Gasteiger partial charge is 0.101 e. The summed E-state index contributed by atoms with van der Waals surface area (Å²) in [5.74, 6) is 0. The number of aliphatic hydroxyl groups is 1. The largest absolute Gasteiger partial charge is 0.390 e. The zero-order valence-electron chi connectivity index (χ0n) is 11.5. The molecule has 2 atom stereocenters. The van der Waals surface area contributed by atoms with Gasteiger partial charge in [0.2, 0.25) is 0 Å². The molecule has 0 bridgehead atoms. The van der Waals surface area contributed by atoms with Crippen LogP contribution >= 0.6 is 0 Å². The number of aliphatic hydroxyl groups excluding tert-OH is 1. The third-order valence-corrected chi connectivity index (χ3v) is 4.16. The SMILES string of the molecule is O[C@@H]1Cc2ccccc2[C@@H]1N=Cc1cccc2cc[nH]c12. The first-order valence-corrected chi connectivity index (χ1v) is 7.18. The fraction of sp³-hybridized carbons (Fsp3) is 0.167. The maximum Gasteiger partial charge on any atom is 0.101 e. The molecular weight excluding hydrogens is 260 g/mol. The minimum atomic E-state index is -0.429. The molecule has 0 radical (unpaired) electrons. The van der Waals surface area contributed by atoms with Gasteiger partial charge in [0.25, 0.3) is 0 Å². The van der Waals surface area contributed by atoms with E-state index in [1.54, 1.807) is 0 Å². The van der Waals surface area contributed by atoms with Crippen LogP contribution in [0.2, 0.25) is 0 Å². The van der Waals surface area contributed by atoms with Gasteiger partial charge in [-0.3, -0.25) is 4.99 Å². The van der Waals surface area contributed by atoms with Crippen LogP contribution in [0.25, 0.3) is 10.9 Å². The topological polar surface area (TPSA) is 48.4 Å². The summed E-state index contributed by atoms with van der Waals surface area (Å²) in [5, 5.41) is 11.4. The lowest BCUT2D eigenvalue weighted by Crippen LogP contribution is -2.11. The second-order valence-electron chi connectivity index (χ2n) is 5.48. The number of H-pyrrole nitrogens is 1. The number of aromatic nitrogens is 1. The van der Waals surface area contributed by atoms with Gasteiger partial charge in [-0.05, 0) is 17.2 Å². The zero-order valence-corrected chi connectivity index (χ0v) is 11.5. The van der Waals surface area contributed by atoms with Crippen LogP contribution in [0.1, 0.15) is 22.7 Å². The minimum Gasteiger partial charge on any atom is -0.390 e. The Hall–Kier alpha value is -2.39. The standard InChI is InChI=1S/C18H16N2O/c21-16-10-13-4-1-2-7-15(13)18(16)20-11-14-6-3-5-12-8-9-19-17(12)14/h1-9,11,16,18-19,21H,10H2/t16-,18+/m1/s1. The maximum absolute atomic E-state index is 10.2. The molecule has 0 saturated heterocycles. The first kappa shape index (κ1) is 12.4. The van der Waals surface area contributed by atoms with Crippen LogP contribution in [-0.4, -0.2) is 22.4 Å². The first-order chi connectivity index (χ1) is 10.3. The second-order valence-corrected chi connectivity index (χ2v) is 5.48. The van der Waals surface area contributed by atoms with E-state index in [0.29, 0.717) is 6.42 Å². The van der Waals surface area contributed by atoms with Crippen LogP contribution in [0.5, 0.6) is 0 Å². The lowest BCUT2D eigenvalue weighted by atomic mass is 10.1. The van der Waals surface area contributed by atoms with Gasteiger partial charge in [-0.15, -0.1) is 0 Å². The van der Waals surface area contributed by atoms with Gasteiger partial charge >= 0.3 is 0 Å². The summed E-state index contributed by atoms with van der Waals surface area (Å²) in [5.41, 5.74) is 4.47. The first-order valence-electron chi connectivity index (χ1n) is 7.18. The minimum absolute atomic E-state index is 0.161. The zero-order chi connectivity index (χ0) is 14.2. The van der Waals surface area contributed by atoms with Crippen LogP contribution in [0.15, 0.2) is 59.7 Å². The van der Waals surface area contributed by atoms with Crippen LogP contribution in [-0.2, 0) is 6.42 Å². The molecule has 3 heteroatoms. The van der Waals surface area contributed by atoms with Gasteiger partial charge in [-0.25, -0.2) is 0 Å². The van der Waals surface area contributed by atoms with Gasteiger partial charge in [0.05, 0.1) is 11.6 Å². The van der Waals surface area contributed by atoms with E-state index in [1.165, 1.54) is 10.9 Å². The van der Waals surface area contributed by atoms with Crippen molar-refractivity contribution in [1.82, 2.24) is 4.98 Å². The Morgan fingerprint density at radius 1 is 1.10 bits per heavy atom. The molecule has 1 aliphatic rings.